The van der Waals surface area contributed by atoms with E-state index in [1.54, 1.807) is 0 Å². The molecule has 0 aliphatic carbocycles. The zero-order valence-corrected chi connectivity index (χ0v) is 8.42. The number of hydrogen-bond donors (Lipinski definition) is 2. The van der Waals surface area contributed by atoms with Crippen LogP contribution in [0.4, 0.5) is 0 Å². The molecule has 2 unspecified atom stereocenters. The van der Waals surface area contributed by atoms with Gasteiger partial charge in [-0.15, -0.1) is 0 Å². The van der Waals surface area contributed by atoms with Crippen molar-refractivity contribution in [1.29, 1.82) is 0 Å². The molecule has 0 rings (SSSR count). The number of hydrogen-bond acceptors (Lipinski definition) is 2. The third-order valence-corrected chi connectivity index (χ3v) is 2.83. The SMILES string of the molecule is CCC(N)C(C)(C)C(C)NC=O. The molecule has 3 N–H and O–H groups in total. The van der Waals surface area contributed by atoms with Crippen LogP contribution in [0, 0.1) is 5.41 Å². The van der Waals surface area contributed by atoms with Gasteiger partial charge in [-0.3, -0.25) is 4.79 Å². The van der Waals surface area contributed by atoms with E-state index in [2.05, 4.69) is 26.1 Å². The zero-order valence-electron chi connectivity index (χ0n) is 8.42. The van der Waals surface area contributed by atoms with Crippen molar-refractivity contribution >= 4 is 6.41 Å². The fraction of sp³-hybridized carbons (Fsp3) is 0.889. The Balaban J connectivity index is 4.25. The van der Waals surface area contributed by atoms with Gasteiger partial charge in [0.25, 0.3) is 0 Å². The zero-order chi connectivity index (χ0) is 9.78. The summed E-state index contributed by atoms with van der Waals surface area (Å²) < 4.78 is 0. The average molecular weight is 172 g/mol. The molecule has 0 heterocycles. The lowest BCUT2D eigenvalue weighted by Crippen LogP contribution is -2.49. The summed E-state index contributed by atoms with van der Waals surface area (Å²) in [6, 6.07) is 0.241. The Morgan fingerprint density at radius 3 is 2.42 bits per heavy atom. The van der Waals surface area contributed by atoms with Crippen molar-refractivity contribution in [2.75, 3.05) is 0 Å². The van der Waals surface area contributed by atoms with Crippen LogP contribution in [0.25, 0.3) is 0 Å². The Labute approximate surface area is 74.7 Å². The van der Waals surface area contributed by atoms with E-state index >= 15 is 0 Å². The highest BCUT2D eigenvalue weighted by Gasteiger charge is 2.30. The van der Waals surface area contributed by atoms with Crippen molar-refractivity contribution in [3.05, 3.63) is 0 Å². The van der Waals surface area contributed by atoms with E-state index in [4.69, 9.17) is 5.73 Å². The van der Waals surface area contributed by atoms with Crippen molar-refractivity contribution in [1.82, 2.24) is 5.32 Å². The molecule has 1 amide bonds. The van der Waals surface area contributed by atoms with Crippen LogP contribution in [0.1, 0.15) is 34.1 Å². The van der Waals surface area contributed by atoms with Gasteiger partial charge in [0, 0.05) is 12.1 Å². The largest absolute Gasteiger partial charge is 0.356 e. The molecule has 0 saturated carbocycles. The third-order valence-electron chi connectivity index (χ3n) is 2.83. The minimum Gasteiger partial charge on any atom is -0.356 e. The van der Waals surface area contributed by atoms with Crippen molar-refractivity contribution in [3.63, 3.8) is 0 Å². The normalized spacial score (nSPS) is 16.8. The Morgan fingerprint density at radius 1 is 1.58 bits per heavy atom. The molecule has 3 nitrogen and oxygen atoms in total. The van der Waals surface area contributed by atoms with Crippen LogP contribution in [-0.4, -0.2) is 18.5 Å². The lowest BCUT2D eigenvalue weighted by molar-refractivity contribution is -0.110. The molecule has 0 spiro atoms. The molecule has 0 saturated heterocycles. The van der Waals surface area contributed by atoms with E-state index in [1.165, 1.54) is 0 Å². The molecule has 0 aliphatic heterocycles. The molecule has 0 fully saturated rings. The first-order valence-electron chi connectivity index (χ1n) is 4.42. The minimum atomic E-state index is -0.0460. The van der Waals surface area contributed by atoms with Crippen LogP contribution in [0.2, 0.25) is 0 Å². The lowest BCUT2D eigenvalue weighted by Gasteiger charge is -2.36. The van der Waals surface area contributed by atoms with Crippen molar-refractivity contribution in [2.45, 2.75) is 46.2 Å². The van der Waals surface area contributed by atoms with Crippen LogP contribution in [0.3, 0.4) is 0 Å². The molecule has 12 heavy (non-hydrogen) atoms. The number of carbonyl (C=O) groups is 1. The quantitative estimate of drug-likeness (QED) is 0.605. The van der Waals surface area contributed by atoms with E-state index < -0.39 is 0 Å². The van der Waals surface area contributed by atoms with Crippen LogP contribution in [0.15, 0.2) is 0 Å². The number of nitrogens with two attached hydrogens (primary N) is 1. The van der Waals surface area contributed by atoms with E-state index in [-0.39, 0.29) is 17.5 Å². The molecule has 0 aromatic rings. The van der Waals surface area contributed by atoms with Crippen LogP contribution in [-0.2, 0) is 4.79 Å². The summed E-state index contributed by atoms with van der Waals surface area (Å²) in [5.41, 5.74) is 5.88. The van der Waals surface area contributed by atoms with Gasteiger partial charge in [0.05, 0.1) is 0 Å². The van der Waals surface area contributed by atoms with Crippen LogP contribution >= 0.6 is 0 Å². The number of rotatable bonds is 5. The standard InChI is InChI=1S/C9H20N2O/c1-5-8(10)9(3,4)7(2)11-6-12/h6-8H,5,10H2,1-4H3,(H,11,12). The number of nitrogens with one attached hydrogen (secondary N) is 1. The van der Waals surface area contributed by atoms with Gasteiger partial charge in [0.15, 0.2) is 0 Å². The van der Waals surface area contributed by atoms with Crippen molar-refractivity contribution in [3.8, 4) is 0 Å². The van der Waals surface area contributed by atoms with Crippen LogP contribution in [0.5, 0.6) is 0 Å². The molecule has 0 bridgehead atoms. The summed E-state index contributed by atoms with van der Waals surface area (Å²) in [4.78, 5) is 10.2. The highest BCUT2D eigenvalue weighted by molar-refractivity contribution is 5.46. The first-order valence-corrected chi connectivity index (χ1v) is 4.42. The highest BCUT2D eigenvalue weighted by atomic mass is 16.1. The van der Waals surface area contributed by atoms with E-state index in [0.29, 0.717) is 0 Å². The van der Waals surface area contributed by atoms with Crippen molar-refractivity contribution < 1.29 is 4.79 Å². The molecular weight excluding hydrogens is 152 g/mol. The second kappa shape index (κ2) is 4.45. The van der Waals surface area contributed by atoms with Gasteiger partial charge in [-0.25, -0.2) is 0 Å². The van der Waals surface area contributed by atoms with Gasteiger partial charge in [0.2, 0.25) is 6.41 Å². The van der Waals surface area contributed by atoms with Gasteiger partial charge in [-0.2, -0.15) is 0 Å². The first-order chi connectivity index (χ1) is 5.46. The van der Waals surface area contributed by atoms with E-state index in [0.717, 1.165) is 12.8 Å². The van der Waals surface area contributed by atoms with Gasteiger partial charge in [-0.05, 0) is 18.8 Å². The van der Waals surface area contributed by atoms with E-state index in [1.807, 2.05) is 6.92 Å². The third kappa shape index (κ3) is 2.48. The maximum atomic E-state index is 10.2. The minimum absolute atomic E-state index is 0.0460. The maximum absolute atomic E-state index is 10.2. The molecular formula is C9H20N2O. The number of carbonyl (C=O) groups excluding carboxylic acids is 1. The average Bonchev–Trinajstić information content (AvgIpc) is 2.03. The Morgan fingerprint density at radius 2 is 2.08 bits per heavy atom. The van der Waals surface area contributed by atoms with Crippen molar-refractivity contribution in [2.24, 2.45) is 11.1 Å². The highest BCUT2D eigenvalue weighted by Crippen LogP contribution is 2.25. The molecule has 0 aliphatic rings. The molecule has 3 heteroatoms. The molecule has 2 atom stereocenters. The summed E-state index contributed by atoms with van der Waals surface area (Å²) in [7, 11) is 0. The van der Waals surface area contributed by atoms with Crippen LogP contribution < -0.4 is 11.1 Å². The lowest BCUT2D eigenvalue weighted by atomic mass is 9.77. The summed E-state index contributed by atoms with van der Waals surface area (Å²) in [6.45, 7) is 8.18. The Kier molecular flexibility index (Phi) is 4.24. The predicted molar refractivity (Wildman–Crippen MR) is 50.7 cm³/mol. The van der Waals surface area contributed by atoms with Gasteiger partial charge in [0.1, 0.15) is 0 Å². The molecule has 72 valence electrons. The smallest absolute Gasteiger partial charge is 0.207 e. The fourth-order valence-corrected chi connectivity index (χ4v) is 1.16. The molecule has 0 aromatic heterocycles. The summed E-state index contributed by atoms with van der Waals surface area (Å²) in [6.07, 6.45) is 1.66. The van der Waals surface area contributed by atoms with Gasteiger partial charge >= 0.3 is 0 Å². The summed E-state index contributed by atoms with van der Waals surface area (Å²) in [5.74, 6) is 0. The summed E-state index contributed by atoms with van der Waals surface area (Å²) >= 11 is 0. The monoisotopic (exact) mass is 172 g/mol. The predicted octanol–water partition coefficient (Wildman–Crippen LogP) is 0.884. The summed E-state index contributed by atoms with van der Waals surface area (Å²) in [5, 5.41) is 2.74. The molecule has 0 aromatic carbocycles. The second-order valence-corrected chi connectivity index (χ2v) is 3.84. The Bertz CT molecular complexity index is 145. The Hall–Kier alpha value is -0.570. The fourth-order valence-electron chi connectivity index (χ4n) is 1.16. The molecule has 0 radical (unpaired) electrons. The first kappa shape index (κ1) is 11.4. The van der Waals surface area contributed by atoms with Gasteiger partial charge < -0.3 is 11.1 Å². The number of amides is 1. The van der Waals surface area contributed by atoms with E-state index in [9.17, 15) is 4.79 Å². The maximum Gasteiger partial charge on any atom is 0.207 e. The topological polar surface area (TPSA) is 55.1 Å². The second-order valence-electron chi connectivity index (χ2n) is 3.84. The van der Waals surface area contributed by atoms with Gasteiger partial charge in [-0.1, -0.05) is 20.8 Å².